The summed E-state index contributed by atoms with van der Waals surface area (Å²) in [5, 5.41) is 0. The predicted octanol–water partition coefficient (Wildman–Crippen LogP) is 3.00. The zero-order valence-corrected chi connectivity index (χ0v) is 10.6. The third-order valence-electron chi connectivity index (χ3n) is 3.00. The molecule has 18 heavy (non-hydrogen) atoms. The van der Waals surface area contributed by atoms with Gasteiger partial charge < -0.3 is 0 Å². The van der Waals surface area contributed by atoms with Crippen LogP contribution in [0.25, 0.3) is 0 Å². The van der Waals surface area contributed by atoms with Gasteiger partial charge in [0.05, 0.1) is 6.04 Å². The number of nitrogens with two attached hydrogens (primary N) is 1. The van der Waals surface area contributed by atoms with E-state index in [-0.39, 0.29) is 11.9 Å². The van der Waals surface area contributed by atoms with Gasteiger partial charge in [0.2, 0.25) is 0 Å². The van der Waals surface area contributed by atoms with Crippen LogP contribution in [0, 0.1) is 19.7 Å². The summed E-state index contributed by atoms with van der Waals surface area (Å²) < 4.78 is 13.9. The van der Waals surface area contributed by atoms with E-state index < -0.39 is 0 Å². The molecule has 2 nitrogen and oxygen atoms in total. The molecule has 0 radical (unpaired) electrons. The molecular formula is C15H17FN2. The van der Waals surface area contributed by atoms with Gasteiger partial charge in [-0.1, -0.05) is 47.5 Å². The number of halogens is 1. The Morgan fingerprint density at radius 3 is 2.44 bits per heavy atom. The summed E-state index contributed by atoms with van der Waals surface area (Å²) in [6.07, 6.45) is 0. The number of aryl methyl sites for hydroxylation is 2. The minimum atomic E-state index is -0.329. The largest absolute Gasteiger partial charge is 0.271 e. The minimum Gasteiger partial charge on any atom is -0.271 e. The van der Waals surface area contributed by atoms with Crippen molar-refractivity contribution in [2.75, 3.05) is 0 Å². The van der Waals surface area contributed by atoms with Gasteiger partial charge in [-0.3, -0.25) is 5.84 Å². The van der Waals surface area contributed by atoms with Gasteiger partial charge in [-0.05, 0) is 25.5 Å². The maximum Gasteiger partial charge on any atom is 0.128 e. The monoisotopic (exact) mass is 244 g/mol. The van der Waals surface area contributed by atoms with Crippen LogP contribution in [-0.4, -0.2) is 0 Å². The Bertz CT molecular complexity index is 552. The molecule has 1 atom stereocenters. The smallest absolute Gasteiger partial charge is 0.128 e. The molecule has 3 heteroatoms. The van der Waals surface area contributed by atoms with Crippen LogP contribution in [0.1, 0.15) is 28.3 Å². The standard InChI is InChI=1S/C15H17FN2/c1-10-4-3-5-12(8-10)15(18-17)13-9-11(2)6-7-14(13)16/h3-9,15,18H,17H2,1-2H3. The Hall–Kier alpha value is -1.71. The van der Waals surface area contributed by atoms with Crippen LogP contribution in [-0.2, 0) is 0 Å². The van der Waals surface area contributed by atoms with E-state index in [2.05, 4.69) is 5.43 Å². The molecule has 1 unspecified atom stereocenters. The lowest BCUT2D eigenvalue weighted by Crippen LogP contribution is -2.29. The molecule has 0 saturated carbocycles. The summed E-state index contributed by atoms with van der Waals surface area (Å²) in [5.74, 6) is 5.34. The average molecular weight is 244 g/mol. The summed E-state index contributed by atoms with van der Waals surface area (Å²) in [6, 6.07) is 12.6. The molecule has 2 rings (SSSR count). The predicted molar refractivity (Wildman–Crippen MR) is 71.5 cm³/mol. The zero-order valence-electron chi connectivity index (χ0n) is 10.6. The molecule has 2 aromatic rings. The highest BCUT2D eigenvalue weighted by Crippen LogP contribution is 2.25. The third kappa shape index (κ3) is 2.58. The van der Waals surface area contributed by atoms with Crippen LogP contribution < -0.4 is 11.3 Å². The molecule has 0 aliphatic rings. The molecule has 0 aromatic heterocycles. The summed E-state index contributed by atoms with van der Waals surface area (Å²) >= 11 is 0. The quantitative estimate of drug-likeness (QED) is 0.643. The number of rotatable bonds is 3. The van der Waals surface area contributed by atoms with Crippen molar-refractivity contribution in [2.45, 2.75) is 19.9 Å². The maximum absolute atomic E-state index is 13.9. The van der Waals surface area contributed by atoms with Crippen LogP contribution in [0.3, 0.4) is 0 Å². The molecular weight excluding hydrogens is 227 g/mol. The molecule has 94 valence electrons. The van der Waals surface area contributed by atoms with Gasteiger partial charge in [-0.15, -0.1) is 0 Å². The van der Waals surface area contributed by atoms with Gasteiger partial charge in [0.25, 0.3) is 0 Å². The average Bonchev–Trinajstić information content (AvgIpc) is 2.35. The molecule has 0 aliphatic heterocycles. The highest BCUT2D eigenvalue weighted by atomic mass is 19.1. The summed E-state index contributed by atoms with van der Waals surface area (Å²) in [7, 11) is 0. The van der Waals surface area contributed by atoms with Crippen molar-refractivity contribution in [3.05, 3.63) is 70.5 Å². The molecule has 3 N–H and O–H groups in total. The Labute approximate surface area is 107 Å². The number of hydrogen-bond acceptors (Lipinski definition) is 2. The maximum atomic E-state index is 13.9. The molecule has 0 fully saturated rings. The molecule has 0 heterocycles. The summed E-state index contributed by atoms with van der Waals surface area (Å²) in [5.41, 5.74) is 6.36. The number of nitrogens with one attached hydrogen (secondary N) is 1. The minimum absolute atomic E-state index is 0.245. The van der Waals surface area contributed by atoms with Crippen LogP contribution in [0.5, 0.6) is 0 Å². The first kappa shape index (κ1) is 12.7. The zero-order chi connectivity index (χ0) is 13.1. The normalized spacial score (nSPS) is 12.4. The fourth-order valence-corrected chi connectivity index (χ4v) is 2.10. The van der Waals surface area contributed by atoms with Crippen LogP contribution in [0.2, 0.25) is 0 Å². The van der Waals surface area contributed by atoms with E-state index >= 15 is 0 Å². The van der Waals surface area contributed by atoms with Crippen LogP contribution >= 0.6 is 0 Å². The van der Waals surface area contributed by atoms with E-state index in [0.29, 0.717) is 5.56 Å². The highest BCUT2D eigenvalue weighted by Gasteiger charge is 2.16. The summed E-state index contributed by atoms with van der Waals surface area (Å²) in [4.78, 5) is 0. The van der Waals surface area contributed by atoms with Crippen molar-refractivity contribution in [3.63, 3.8) is 0 Å². The summed E-state index contributed by atoms with van der Waals surface area (Å²) in [6.45, 7) is 3.94. The van der Waals surface area contributed by atoms with Gasteiger partial charge in [0, 0.05) is 5.56 Å². The van der Waals surface area contributed by atoms with Crippen molar-refractivity contribution in [1.82, 2.24) is 5.43 Å². The SMILES string of the molecule is Cc1cccc(C(NN)c2cc(C)ccc2F)c1. The molecule has 0 bridgehead atoms. The van der Waals surface area contributed by atoms with Gasteiger partial charge in [0.1, 0.15) is 5.82 Å². The van der Waals surface area contributed by atoms with E-state index in [1.54, 1.807) is 6.07 Å². The van der Waals surface area contributed by atoms with Crippen LogP contribution in [0.4, 0.5) is 4.39 Å². The first-order valence-electron chi connectivity index (χ1n) is 5.90. The number of hydrogen-bond donors (Lipinski definition) is 2. The van der Waals surface area contributed by atoms with E-state index in [1.807, 2.05) is 44.2 Å². The molecule has 0 aliphatic carbocycles. The van der Waals surface area contributed by atoms with Gasteiger partial charge in [-0.25, -0.2) is 9.82 Å². The Balaban J connectivity index is 2.48. The second kappa shape index (κ2) is 5.29. The molecule has 2 aromatic carbocycles. The van der Waals surface area contributed by atoms with Crippen molar-refractivity contribution in [1.29, 1.82) is 0 Å². The van der Waals surface area contributed by atoms with Crippen molar-refractivity contribution >= 4 is 0 Å². The lowest BCUT2D eigenvalue weighted by Gasteiger charge is -2.18. The third-order valence-corrected chi connectivity index (χ3v) is 3.00. The lowest BCUT2D eigenvalue weighted by atomic mass is 9.96. The van der Waals surface area contributed by atoms with Crippen molar-refractivity contribution in [2.24, 2.45) is 5.84 Å². The number of benzene rings is 2. The van der Waals surface area contributed by atoms with E-state index in [0.717, 1.165) is 16.7 Å². The topological polar surface area (TPSA) is 38.0 Å². The highest BCUT2D eigenvalue weighted by molar-refractivity contribution is 5.36. The van der Waals surface area contributed by atoms with E-state index in [9.17, 15) is 4.39 Å². The van der Waals surface area contributed by atoms with Crippen molar-refractivity contribution < 1.29 is 4.39 Å². The molecule has 0 spiro atoms. The van der Waals surface area contributed by atoms with Gasteiger partial charge in [-0.2, -0.15) is 0 Å². The first-order chi connectivity index (χ1) is 8.61. The Kier molecular flexibility index (Phi) is 3.75. The Morgan fingerprint density at radius 2 is 1.78 bits per heavy atom. The number of hydrazine groups is 1. The van der Waals surface area contributed by atoms with E-state index in [4.69, 9.17) is 5.84 Å². The van der Waals surface area contributed by atoms with E-state index in [1.165, 1.54) is 6.07 Å². The fraction of sp³-hybridized carbons (Fsp3) is 0.200. The first-order valence-corrected chi connectivity index (χ1v) is 5.90. The fourth-order valence-electron chi connectivity index (χ4n) is 2.10. The lowest BCUT2D eigenvalue weighted by molar-refractivity contribution is 0.559. The van der Waals surface area contributed by atoms with Gasteiger partial charge >= 0.3 is 0 Å². The molecule has 0 saturated heterocycles. The second-order valence-electron chi connectivity index (χ2n) is 4.54. The molecule has 0 amide bonds. The Morgan fingerprint density at radius 1 is 1.06 bits per heavy atom. The second-order valence-corrected chi connectivity index (χ2v) is 4.54. The van der Waals surface area contributed by atoms with Gasteiger partial charge in [0.15, 0.2) is 0 Å². The van der Waals surface area contributed by atoms with Crippen LogP contribution in [0.15, 0.2) is 42.5 Å². The van der Waals surface area contributed by atoms with Crippen molar-refractivity contribution in [3.8, 4) is 0 Å².